The average Bonchev–Trinajstić information content (AvgIpc) is 2.98. The molecular formula is C9H9N5O4. The zero-order valence-electron chi connectivity index (χ0n) is 9.07. The van der Waals surface area contributed by atoms with Gasteiger partial charge in [0.15, 0.2) is 0 Å². The molecule has 18 heavy (non-hydrogen) atoms. The Hall–Kier alpha value is -2.68. The molecule has 0 aromatic carbocycles. The van der Waals surface area contributed by atoms with E-state index < -0.39 is 10.8 Å². The number of imidazole rings is 1. The SMILES string of the molecule is NNC(=O)c1coc(Cn2cnc([N+](=O)[O-])c2)c1. The third-order valence-electron chi connectivity index (χ3n) is 2.19. The van der Waals surface area contributed by atoms with Crippen molar-refractivity contribution < 1.29 is 14.1 Å². The van der Waals surface area contributed by atoms with Crippen LogP contribution in [-0.2, 0) is 6.54 Å². The van der Waals surface area contributed by atoms with Crippen LogP contribution in [-0.4, -0.2) is 20.4 Å². The smallest absolute Gasteiger partial charge is 0.381 e. The summed E-state index contributed by atoms with van der Waals surface area (Å²) in [5.74, 6) is 4.71. The first kappa shape index (κ1) is 11.8. The molecule has 2 rings (SSSR count). The van der Waals surface area contributed by atoms with Crippen molar-refractivity contribution in [2.24, 2.45) is 5.84 Å². The summed E-state index contributed by atoms with van der Waals surface area (Å²) in [7, 11) is 0. The van der Waals surface area contributed by atoms with Gasteiger partial charge in [0.25, 0.3) is 5.91 Å². The predicted octanol–water partition coefficient (Wildman–Crippen LogP) is 0.0361. The highest BCUT2D eigenvalue weighted by Gasteiger charge is 2.12. The molecule has 2 aromatic rings. The van der Waals surface area contributed by atoms with E-state index in [2.05, 4.69) is 4.98 Å². The van der Waals surface area contributed by atoms with Gasteiger partial charge in [0.2, 0.25) is 6.33 Å². The van der Waals surface area contributed by atoms with Crippen molar-refractivity contribution >= 4 is 11.7 Å². The van der Waals surface area contributed by atoms with Crippen LogP contribution in [0.4, 0.5) is 5.82 Å². The molecule has 2 heterocycles. The number of nitrogens with zero attached hydrogens (tertiary/aromatic N) is 3. The van der Waals surface area contributed by atoms with Crippen molar-refractivity contribution in [3.8, 4) is 0 Å². The molecule has 0 saturated heterocycles. The van der Waals surface area contributed by atoms with Crippen LogP contribution in [0.3, 0.4) is 0 Å². The fourth-order valence-electron chi connectivity index (χ4n) is 1.37. The molecule has 0 bridgehead atoms. The van der Waals surface area contributed by atoms with Crippen LogP contribution in [0.1, 0.15) is 16.1 Å². The van der Waals surface area contributed by atoms with Crippen molar-refractivity contribution in [2.45, 2.75) is 6.54 Å². The lowest BCUT2D eigenvalue weighted by Gasteiger charge is -1.94. The molecule has 9 nitrogen and oxygen atoms in total. The van der Waals surface area contributed by atoms with Crippen molar-refractivity contribution in [2.75, 3.05) is 0 Å². The summed E-state index contributed by atoms with van der Waals surface area (Å²) in [4.78, 5) is 24.6. The molecule has 3 N–H and O–H groups in total. The summed E-state index contributed by atoms with van der Waals surface area (Å²) >= 11 is 0. The number of carbonyl (C=O) groups is 1. The molecule has 2 aromatic heterocycles. The Morgan fingerprint density at radius 1 is 1.67 bits per heavy atom. The van der Waals surface area contributed by atoms with Crippen LogP contribution in [0, 0.1) is 10.1 Å². The molecule has 0 atom stereocenters. The largest absolute Gasteiger partial charge is 0.467 e. The summed E-state index contributed by atoms with van der Waals surface area (Å²) in [5.41, 5.74) is 2.25. The summed E-state index contributed by atoms with van der Waals surface area (Å²) in [6.07, 6.45) is 3.83. The first-order valence-electron chi connectivity index (χ1n) is 4.84. The number of hydrazine groups is 1. The van der Waals surface area contributed by atoms with E-state index in [9.17, 15) is 14.9 Å². The lowest BCUT2D eigenvalue weighted by atomic mass is 10.3. The van der Waals surface area contributed by atoms with E-state index in [0.29, 0.717) is 5.76 Å². The number of nitrogen functional groups attached to an aromatic ring is 1. The Labute approximate surface area is 100 Å². The minimum absolute atomic E-state index is 0.235. The monoisotopic (exact) mass is 251 g/mol. The van der Waals surface area contributed by atoms with E-state index in [4.69, 9.17) is 10.3 Å². The Morgan fingerprint density at radius 2 is 2.44 bits per heavy atom. The third-order valence-corrected chi connectivity index (χ3v) is 2.19. The standard InChI is InChI=1S/C9H9N5O4/c10-12-9(15)6-1-7(18-4-6)2-13-3-8(11-5-13)14(16)17/h1,3-5H,2,10H2,(H,12,15). The molecule has 0 aliphatic rings. The molecule has 0 radical (unpaired) electrons. The minimum Gasteiger partial charge on any atom is -0.467 e. The second kappa shape index (κ2) is 4.67. The lowest BCUT2D eigenvalue weighted by Crippen LogP contribution is -2.29. The van der Waals surface area contributed by atoms with Crippen LogP contribution < -0.4 is 11.3 Å². The maximum absolute atomic E-state index is 11.2. The molecule has 0 aliphatic heterocycles. The molecule has 0 fully saturated rings. The Balaban J connectivity index is 2.11. The topological polar surface area (TPSA) is 129 Å². The van der Waals surface area contributed by atoms with Gasteiger partial charge >= 0.3 is 5.82 Å². The van der Waals surface area contributed by atoms with Gasteiger partial charge in [-0.15, -0.1) is 0 Å². The van der Waals surface area contributed by atoms with Gasteiger partial charge in [-0.3, -0.25) is 10.2 Å². The number of carbonyl (C=O) groups excluding carboxylic acids is 1. The van der Waals surface area contributed by atoms with Crippen LogP contribution in [0.2, 0.25) is 0 Å². The first-order chi connectivity index (χ1) is 8.60. The van der Waals surface area contributed by atoms with E-state index in [0.717, 1.165) is 0 Å². The van der Waals surface area contributed by atoms with Crippen molar-refractivity contribution in [3.05, 3.63) is 46.3 Å². The number of amides is 1. The third kappa shape index (κ3) is 2.35. The van der Waals surface area contributed by atoms with Crippen LogP contribution >= 0.6 is 0 Å². The second-order valence-electron chi connectivity index (χ2n) is 3.44. The lowest BCUT2D eigenvalue weighted by molar-refractivity contribution is -0.389. The van der Waals surface area contributed by atoms with Gasteiger partial charge in [-0.1, -0.05) is 0 Å². The molecule has 94 valence electrons. The normalized spacial score (nSPS) is 10.3. The van der Waals surface area contributed by atoms with Gasteiger partial charge in [0.05, 0.1) is 12.1 Å². The van der Waals surface area contributed by atoms with E-state index in [1.807, 2.05) is 5.43 Å². The summed E-state index contributed by atoms with van der Waals surface area (Å²) in [5, 5.41) is 10.4. The van der Waals surface area contributed by atoms with Crippen molar-refractivity contribution in [3.63, 3.8) is 0 Å². The van der Waals surface area contributed by atoms with Gasteiger partial charge < -0.3 is 19.1 Å². The Morgan fingerprint density at radius 3 is 3.06 bits per heavy atom. The van der Waals surface area contributed by atoms with Crippen molar-refractivity contribution in [1.82, 2.24) is 15.0 Å². The molecule has 0 saturated carbocycles. The molecule has 0 spiro atoms. The molecule has 0 aliphatic carbocycles. The highest BCUT2D eigenvalue weighted by atomic mass is 16.6. The number of nitrogens with one attached hydrogen (secondary N) is 1. The molecule has 1 amide bonds. The number of hydrogen-bond acceptors (Lipinski definition) is 6. The number of nitrogens with two attached hydrogens (primary N) is 1. The second-order valence-corrected chi connectivity index (χ2v) is 3.44. The van der Waals surface area contributed by atoms with Crippen LogP contribution in [0.25, 0.3) is 0 Å². The fraction of sp³-hybridized carbons (Fsp3) is 0.111. The fourth-order valence-corrected chi connectivity index (χ4v) is 1.37. The summed E-state index contributed by atoms with van der Waals surface area (Å²) < 4.78 is 6.60. The average molecular weight is 251 g/mol. The highest BCUT2D eigenvalue weighted by Crippen LogP contribution is 2.12. The predicted molar refractivity (Wildman–Crippen MR) is 58.3 cm³/mol. The number of hydrogen-bond donors (Lipinski definition) is 2. The van der Waals surface area contributed by atoms with Gasteiger partial charge in [-0.05, 0) is 16.0 Å². The first-order valence-corrected chi connectivity index (χ1v) is 4.84. The maximum Gasteiger partial charge on any atom is 0.381 e. The van der Waals surface area contributed by atoms with E-state index in [1.165, 1.54) is 29.4 Å². The number of nitro groups is 1. The molecule has 0 unspecified atom stereocenters. The quantitative estimate of drug-likeness (QED) is 0.341. The summed E-state index contributed by atoms with van der Waals surface area (Å²) in [6.45, 7) is 0.235. The Kier molecular flexibility index (Phi) is 3.06. The number of aromatic nitrogens is 2. The highest BCUT2D eigenvalue weighted by molar-refractivity contribution is 5.93. The maximum atomic E-state index is 11.2. The minimum atomic E-state index is -0.591. The number of furan rings is 1. The number of rotatable bonds is 4. The van der Waals surface area contributed by atoms with Gasteiger partial charge in [-0.2, -0.15) is 0 Å². The zero-order valence-corrected chi connectivity index (χ0v) is 9.07. The van der Waals surface area contributed by atoms with Crippen LogP contribution in [0.15, 0.2) is 29.3 Å². The van der Waals surface area contributed by atoms with E-state index in [1.54, 1.807) is 0 Å². The molecular weight excluding hydrogens is 242 g/mol. The van der Waals surface area contributed by atoms with E-state index in [-0.39, 0.29) is 17.9 Å². The Bertz CT molecular complexity index is 587. The van der Waals surface area contributed by atoms with E-state index >= 15 is 0 Å². The van der Waals surface area contributed by atoms with Crippen LogP contribution in [0.5, 0.6) is 0 Å². The molecule has 9 heteroatoms. The van der Waals surface area contributed by atoms with Gasteiger partial charge in [-0.25, -0.2) is 5.84 Å². The van der Waals surface area contributed by atoms with Crippen molar-refractivity contribution in [1.29, 1.82) is 0 Å². The zero-order chi connectivity index (χ0) is 13.1. The summed E-state index contributed by atoms with van der Waals surface area (Å²) in [6, 6.07) is 1.49. The van der Waals surface area contributed by atoms with Gasteiger partial charge in [0.1, 0.15) is 18.2 Å². The van der Waals surface area contributed by atoms with Gasteiger partial charge in [0, 0.05) is 0 Å².